The number of carbonyl (C=O) groups is 2. The molecule has 2 fully saturated rings. The lowest BCUT2D eigenvalue weighted by molar-refractivity contribution is 0.0446. The third kappa shape index (κ3) is 6.57. The minimum Gasteiger partial charge on any atom is -0.490 e. The van der Waals surface area contributed by atoms with E-state index in [1.165, 1.54) is 4.90 Å². The lowest BCUT2D eigenvalue weighted by Crippen LogP contribution is -2.57. The maximum atomic E-state index is 14.3. The molecule has 11 nitrogen and oxygen atoms in total. The van der Waals surface area contributed by atoms with E-state index in [4.69, 9.17) is 4.74 Å². The third-order valence-corrected chi connectivity index (χ3v) is 9.93. The van der Waals surface area contributed by atoms with E-state index in [2.05, 4.69) is 10.3 Å². The van der Waals surface area contributed by atoms with Gasteiger partial charge in [0, 0.05) is 55.6 Å². The topological polar surface area (TPSA) is 141 Å². The highest BCUT2D eigenvalue weighted by molar-refractivity contribution is 8.24. The monoisotopic (exact) mass is 617 g/mol. The van der Waals surface area contributed by atoms with Crippen molar-refractivity contribution in [2.24, 2.45) is 0 Å². The summed E-state index contributed by atoms with van der Waals surface area (Å²) in [5.41, 5.74) is 3.13. The van der Waals surface area contributed by atoms with Crippen molar-refractivity contribution in [1.82, 2.24) is 24.8 Å². The summed E-state index contributed by atoms with van der Waals surface area (Å²) in [4.78, 5) is 29.2. The molecule has 0 radical (unpaired) electrons. The fraction of sp³-hybridized carbons (Fsp3) is 0.312. The lowest BCUT2D eigenvalue weighted by atomic mass is 10.0. The van der Waals surface area contributed by atoms with Crippen molar-refractivity contribution >= 4 is 22.6 Å². The number of ether oxygens (including phenoxy) is 1. The molecule has 0 spiro atoms. The van der Waals surface area contributed by atoms with Crippen molar-refractivity contribution in [2.75, 3.05) is 31.1 Å². The second-order valence-electron chi connectivity index (χ2n) is 11.2. The number of rotatable bonds is 7. The number of aromatic nitrogens is 3. The van der Waals surface area contributed by atoms with Crippen LogP contribution in [0.1, 0.15) is 28.9 Å². The van der Waals surface area contributed by atoms with Crippen LogP contribution < -0.4 is 4.74 Å². The highest BCUT2D eigenvalue weighted by Gasteiger charge is 2.36. The molecule has 4 aromatic rings. The van der Waals surface area contributed by atoms with Gasteiger partial charge in [-0.15, -0.1) is 5.10 Å². The van der Waals surface area contributed by atoms with Crippen LogP contribution in [0.15, 0.2) is 84.9 Å². The molecule has 12 heteroatoms. The van der Waals surface area contributed by atoms with Gasteiger partial charge in [0.1, 0.15) is 17.5 Å². The van der Waals surface area contributed by atoms with Crippen LogP contribution in [0.2, 0.25) is 0 Å². The largest absolute Gasteiger partial charge is 0.490 e. The number of piperazine rings is 1. The second-order valence-corrected chi connectivity index (χ2v) is 13.6. The molecule has 6 rings (SSSR count). The van der Waals surface area contributed by atoms with Crippen LogP contribution in [0.25, 0.3) is 16.9 Å². The Morgan fingerprint density at radius 3 is 2.32 bits per heavy atom. The van der Waals surface area contributed by atoms with E-state index < -0.39 is 16.7 Å². The number of benzene rings is 3. The zero-order chi connectivity index (χ0) is 30.7. The number of hydrogen-bond donors (Lipinski definition) is 3. The molecule has 3 heterocycles. The second kappa shape index (κ2) is 12.7. The lowest BCUT2D eigenvalue weighted by Gasteiger charge is -2.40. The molecular weight excluding hydrogens is 582 g/mol. The number of carbonyl (C=O) groups excluding carboxylic acids is 1. The van der Waals surface area contributed by atoms with E-state index in [9.17, 15) is 23.8 Å². The van der Waals surface area contributed by atoms with Crippen LogP contribution in [0.3, 0.4) is 0 Å². The number of hydrogen-bond acceptors (Lipinski definition) is 7. The maximum absolute atomic E-state index is 14.3. The molecule has 3 N–H and O–H groups in total. The summed E-state index contributed by atoms with van der Waals surface area (Å²) >= 11 is 0. The molecule has 1 aromatic heterocycles. The first-order chi connectivity index (χ1) is 21.3. The van der Waals surface area contributed by atoms with Gasteiger partial charge in [0.2, 0.25) is 0 Å². The fourth-order valence-electron chi connectivity index (χ4n) is 5.84. The van der Waals surface area contributed by atoms with Crippen LogP contribution in [0.4, 0.5) is 4.79 Å². The summed E-state index contributed by atoms with van der Waals surface area (Å²) in [5, 5.41) is 18.5. The predicted octanol–water partition coefficient (Wildman–Crippen LogP) is 5.27. The van der Waals surface area contributed by atoms with Crippen molar-refractivity contribution in [3.63, 3.8) is 0 Å². The first kappa shape index (κ1) is 29.7. The first-order valence-corrected chi connectivity index (χ1v) is 16.5. The van der Waals surface area contributed by atoms with Crippen LogP contribution in [-0.2, 0) is 6.42 Å². The zero-order valence-electron chi connectivity index (χ0n) is 24.1. The number of carboxylic acid groups (broad SMARTS) is 1. The molecule has 2 aliphatic heterocycles. The van der Waals surface area contributed by atoms with E-state index in [0.29, 0.717) is 47.9 Å². The molecule has 0 bridgehead atoms. The standard InChI is InChI=1S/C32H35N5O6S/c38-31(36-17-16-35(32(39)40)22-26(36)20-23-8-3-1-4-9-23)29-30(24-10-5-2-6-11-24)37(34-33-29)25-12-7-13-28(21-25)43-27-14-18-44(41,42)19-15-27/h1-13,21,26-27,41-42H,14-20,22H2,(H,39,40)/t26-/m1/s1. The maximum Gasteiger partial charge on any atom is 0.407 e. The molecule has 0 aliphatic carbocycles. The van der Waals surface area contributed by atoms with Gasteiger partial charge >= 0.3 is 6.09 Å². The Hall–Kier alpha value is -4.39. The number of amides is 2. The number of nitrogens with zero attached hydrogens (tertiary/aromatic N) is 5. The van der Waals surface area contributed by atoms with Gasteiger partial charge in [-0.2, -0.15) is 10.6 Å². The van der Waals surface area contributed by atoms with Crippen molar-refractivity contribution in [2.45, 2.75) is 31.4 Å². The van der Waals surface area contributed by atoms with Gasteiger partial charge in [-0.25, -0.2) is 9.48 Å². The molecule has 1 atom stereocenters. The summed E-state index contributed by atoms with van der Waals surface area (Å²) < 4.78 is 27.8. The molecular formula is C32H35N5O6S. The third-order valence-electron chi connectivity index (χ3n) is 8.15. The molecule has 3 aromatic carbocycles. The van der Waals surface area contributed by atoms with E-state index in [-0.39, 0.29) is 43.4 Å². The molecule has 44 heavy (non-hydrogen) atoms. The summed E-state index contributed by atoms with van der Waals surface area (Å²) in [7, 11) is -2.51. The van der Waals surface area contributed by atoms with Gasteiger partial charge in [0.25, 0.3) is 5.91 Å². The van der Waals surface area contributed by atoms with Gasteiger partial charge in [0.05, 0.1) is 11.7 Å². The minimum absolute atomic E-state index is 0.127. The van der Waals surface area contributed by atoms with Gasteiger partial charge in [0.15, 0.2) is 5.69 Å². The molecule has 230 valence electrons. The van der Waals surface area contributed by atoms with E-state index in [1.807, 2.05) is 84.9 Å². The van der Waals surface area contributed by atoms with Crippen molar-refractivity contribution in [3.05, 3.63) is 96.2 Å². The van der Waals surface area contributed by atoms with Crippen LogP contribution in [-0.4, -0.2) is 94.3 Å². The molecule has 2 saturated heterocycles. The highest BCUT2D eigenvalue weighted by atomic mass is 32.3. The van der Waals surface area contributed by atoms with E-state index >= 15 is 0 Å². The normalized spacial score (nSPS) is 19.4. The molecule has 2 amide bonds. The van der Waals surface area contributed by atoms with Gasteiger partial charge in [-0.1, -0.05) is 71.9 Å². The SMILES string of the molecule is O=C(O)N1CCN(C(=O)c2nnn(-c3cccc(OC4CCS(O)(O)CC4)c3)c2-c2ccccc2)[C@H](Cc2ccccc2)C1. The first-order valence-electron chi connectivity index (χ1n) is 14.6. The van der Waals surface area contributed by atoms with Crippen LogP contribution in [0, 0.1) is 0 Å². The Morgan fingerprint density at radius 2 is 1.61 bits per heavy atom. The Bertz CT molecular complexity index is 1610. The summed E-state index contributed by atoms with van der Waals surface area (Å²) in [6, 6.07) is 26.2. The van der Waals surface area contributed by atoms with Crippen molar-refractivity contribution < 1.29 is 28.5 Å². The van der Waals surface area contributed by atoms with E-state index in [0.717, 1.165) is 11.1 Å². The zero-order valence-corrected chi connectivity index (χ0v) is 24.9. The van der Waals surface area contributed by atoms with Crippen LogP contribution >= 0.6 is 10.6 Å². The summed E-state index contributed by atoms with van der Waals surface area (Å²) in [5.74, 6) is 0.960. The smallest absolute Gasteiger partial charge is 0.407 e. The Labute approximate surface area is 257 Å². The molecule has 2 aliphatic rings. The minimum atomic E-state index is -2.51. The molecule has 0 unspecified atom stereocenters. The quantitative estimate of drug-likeness (QED) is 0.255. The average Bonchev–Trinajstić information content (AvgIpc) is 3.48. The van der Waals surface area contributed by atoms with E-state index in [1.54, 1.807) is 9.58 Å². The fourth-order valence-corrected chi connectivity index (χ4v) is 7.33. The van der Waals surface area contributed by atoms with Gasteiger partial charge in [-0.05, 0) is 24.1 Å². The summed E-state index contributed by atoms with van der Waals surface area (Å²) in [6.45, 7) is 0.635. The van der Waals surface area contributed by atoms with Gasteiger partial charge in [-0.3, -0.25) is 13.9 Å². The Morgan fingerprint density at radius 1 is 0.909 bits per heavy atom. The van der Waals surface area contributed by atoms with Crippen molar-refractivity contribution in [3.8, 4) is 22.7 Å². The molecule has 0 saturated carbocycles. The Balaban J connectivity index is 1.32. The summed E-state index contributed by atoms with van der Waals surface area (Å²) in [6.07, 6.45) is 0.486. The highest BCUT2D eigenvalue weighted by Crippen LogP contribution is 2.44. The van der Waals surface area contributed by atoms with Crippen molar-refractivity contribution in [1.29, 1.82) is 0 Å². The van der Waals surface area contributed by atoms with Crippen LogP contribution in [0.5, 0.6) is 5.75 Å². The Kier molecular flexibility index (Phi) is 8.56. The predicted molar refractivity (Wildman–Crippen MR) is 168 cm³/mol. The van der Waals surface area contributed by atoms with Gasteiger partial charge < -0.3 is 19.6 Å². The average molecular weight is 618 g/mol.